The maximum Gasteiger partial charge on any atom is 0.324 e. The van der Waals surface area contributed by atoms with Gasteiger partial charge in [-0.3, -0.25) is 4.79 Å². The van der Waals surface area contributed by atoms with Crippen molar-refractivity contribution in [1.29, 1.82) is 0 Å². The van der Waals surface area contributed by atoms with Gasteiger partial charge in [0.15, 0.2) is 0 Å². The third-order valence-electron chi connectivity index (χ3n) is 1.69. The smallest absolute Gasteiger partial charge is 0.324 e. The van der Waals surface area contributed by atoms with Gasteiger partial charge in [-0.2, -0.15) is 0 Å². The zero-order valence-electron chi connectivity index (χ0n) is 6.97. The molecule has 4 nitrogen and oxygen atoms in total. The highest BCUT2D eigenvalue weighted by molar-refractivity contribution is 9.09. The molecule has 12 heavy (non-hydrogen) atoms. The van der Waals surface area contributed by atoms with Gasteiger partial charge in [-0.1, -0.05) is 15.9 Å². The van der Waals surface area contributed by atoms with E-state index in [2.05, 4.69) is 26.8 Å². The predicted molar refractivity (Wildman–Crippen MR) is 48.6 cm³/mol. The monoisotopic (exact) mass is 236 g/mol. The third-order valence-corrected chi connectivity index (χ3v) is 2.38. The number of hydrazine groups is 1. The fourth-order valence-electron chi connectivity index (χ4n) is 1.07. The van der Waals surface area contributed by atoms with Gasteiger partial charge in [0.25, 0.3) is 0 Å². The van der Waals surface area contributed by atoms with Gasteiger partial charge in [-0.25, -0.2) is 10.9 Å². The van der Waals surface area contributed by atoms with Crippen LogP contribution in [0.2, 0.25) is 0 Å². The molecule has 1 saturated heterocycles. The molecule has 1 aliphatic heterocycles. The van der Waals surface area contributed by atoms with Crippen molar-refractivity contribution >= 4 is 21.9 Å². The van der Waals surface area contributed by atoms with Gasteiger partial charge >= 0.3 is 5.97 Å². The molecule has 0 aromatic heterocycles. The van der Waals surface area contributed by atoms with Crippen LogP contribution in [0, 0.1) is 0 Å². The Labute approximate surface area is 80.1 Å². The number of hydrogen-bond donors (Lipinski definition) is 2. The van der Waals surface area contributed by atoms with E-state index in [0.29, 0.717) is 6.61 Å². The first-order chi connectivity index (χ1) is 5.74. The molecule has 0 aromatic carbocycles. The standard InChI is InChI=1S/C7H13BrN2O2/c1-2-12-7(11)5-3-4-6(8)10-9-5/h5-6,9-10H,2-4H2,1H3. The second kappa shape index (κ2) is 4.79. The van der Waals surface area contributed by atoms with Crippen LogP contribution in [0.25, 0.3) is 0 Å². The van der Waals surface area contributed by atoms with Crippen LogP contribution in [0.1, 0.15) is 19.8 Å². The second-order valence-corrected chi connectivity index (χ2v) is 3.74. The highest BCUT2D eigenvalue weighted by atomic mass is 79.9. The molecule has 0 aromatic rings. The molecule has 1 fully saturated rings. The Morgan fingerprint density at radius 2 is 2.33 bits per heavy atom. The molecule has 0 radical (unpaired) electrons. The molecular weight excluding hydrogens is 224 g/mol. The minimum atomic E-state index is -0.196. The number of hydrogen-bond acceptors (Lipinski definition) is 4. The van der Waals surface area contributed by atoms with Crippen molar-refractivity contribution in [3.05, 3.63) is 0 Å². The fraction of sp³-hybridized carbons (Fsp3) is 0.857. The van der Waals surface area contributed by atoms with Crippen LogP contribution >= 0.6 is 15.9 Å². The Morgan fingerprint density at radius 3 is 2.83 bits per heavy atom. The lowest BCUT2D eigenvalue weighted by Crippen LogP contribution is -2.53. The number of carbonyl (C=O) groups is 1. The van der Waals surface area contributed by atoms with Crippen molar-refractivity contribution in [2.24, 2.45) is 0 Å². The second-order valence-electron chi connectivity index (χ2n) is 2.64. The van der Waals surface area contributed by atoms with E-state index < -0.39 is 0 Å². The van der Waals surface area contributed by atoms with E-state index in [9.17, 15) is 4.79 Å². The number of rotatable bonds is 2. The van der Waals surface area contributed by atoms with Gasteiger partial charge in [0, 0.05) is 0 Å². The number of carbonyl (C=O) groups excluding carboxylic acids is 1. The first-order valence-corrected chi connectivity index (χ1v) is 4.97. The van der Waals surface area contributed by atoms with Crippen molar-refractivity contribution in [2.75, 3.05) is 6.61 Å². The summed E-state index contributed by atoms with van der Waals surface area (Å²) in [4.78, 5) is 11.4. The van der Waals surface area contributed by atoms with Crippen LogP contribution in [-0.4, -0.2) is 23.6 Å². The van der Waals surface area contributed by atoms with E-state index in [1.54, 1.807) is 6.92 Å². The van der Waals surface area contributed by atoms with E-state index in [0.717, 1.165) is 12.8 Å². The summed E-state index contributed by atoms with van der Waals surface area (Å²) in [6.07, 6.45) is 1.73. The Kier molecular flexibility index (Phi) is 3.97. The summed E-state index contributed by atoms with van der Waals surface area (Å²) in [5.41, 5.74) is 5.82. The minimum absolute atomic E-state index is 0.176. The van der Waals surface area contributed by atoms with Crippen LogP contribution in [0.5, 0.6) is 0 Å². The summed E-state index contributed by atoms with van der Waals surface area (Å²) in [6, 6.07) is -0.196. The minimum Gasteiger partial charge on any atom is -0.465 e. The number of esters is 1. The van der Waals surface area contributed by atoms with Crippen LogP contribution in [-0.2, 0) is 9.53 Å². The average Bonchev–Trinajstić information content (AvgIpc) is 2.06. The van der Waals surface area contributed by atoms with Gasteiger partial charge in [0.2, 0.25) is 0 Å². The maximum absolute atomic E-state index is 11.2. The van der Waals surface area contributed by atoms with Crippen molar-refractivity contribution in [3.8, 4) is 0 Å². The summed E-state index contributed by atoms with van der Waals surface area (Å²) in [5, 5.41) is 0. The highest BCUT2D eigenvalue weighted by Crippen LogP contribution is 2.11. The molecule has 0 saturated carbocycles. The van der Waals surface area contributed by atoms with Gasteiger partial charge in [-0.15, -0.1) is 0 Å². The Morgan fingerprint density at radius 1 is 1.58 bits per heavy atom. The van der Waals surface area contributed by atoms with Crippen LogP contribution in [0.3, 0.4) is 0 Å². The number of halogens is 1. The molecule has 2 N–H and O–H groups in total. The van der Waals surface area contributed by atoms with E-state index in [4.69, 9.17) is 4.74 Å². The van der Waals surface area contributed by atoms with Crippen LogP contribution < -0.4 is 10.9 Å². The van der Waals surface area contributed by atoms with Gasteiger partial charge in [0.1, 0.15) is 6.04 Å². The molecule has 1 aliphatic rings. The Bertz CT molecular complexity index is 157. The Hall–Kier alpha value is -0.130. The molecule has 2 unspecified atom stereocenters. The molecule has 0 aliphatic carbocycles. The van der Waals surface area contributed by atoms with E-state index >= 15 is 0 Å². The summed E-state index contributed by atoms with van der Waals surface area (Å²) >= 11 is 3.38. The number of ether oxygens (including phenoxy) is 1. The quantitative estimate of drug-likeness (QED) is 0.418. The molecule has 0 amide bonds. The number of alkyl halides is 1. The molecule has 70 valence electrons. The maximum atomic E-state index is 11.2. The molecule has 1 rings (SSSR count). The zero-order valence-corrected chi connectivity index (χ0v) is 8.56. The summed E-state index contributed by atoms with van der Waals surface area (Å²) in [7, 11) is 0. The topological polar surface area (TPSA) is 50.4 Å². The van der Waals surface area contributed by atoms with E-state index in [-0.39, 0.29) is 17.0 Å². The number of nitrogens with one attached hydrogen (secondary N) is 2. The lowest BCUT2D eigenvalue weighted by molar-refractivity contribution is -0.146. The van der Waals surface area contributed by atoms with Crippen molar-refractivity contribution in [1.82, 2.24) is 10.9 Å². The molecular formula is C7H13BrN2O2. The predicted octanol–water partition coefficient (Wildman–Crippen LogP) is 0.527. The van der Waals surface area contributed by atoms with Gasteiger partial charge in [0.05, 0.1) is 11.6 Å². The zero-order chi connectivity index (χ0) is 8.97. The largest absolute Gasteiger partial charge is 0.465 e. The van der Waals surface area contributed by atoms with Crippen molar-refractivity contribution in [2.45, 2.75) is 30.8 Å². The van der Waals surface area contributed by atoms with Crippen molar-refractivity contribution in [3.63, 3.8) is 0 Å². The highest BCUT2D eigenvalue weighted by Gasteiger charge is 2.24. The Balaban J connectivity index is 2.29. The summed E-state index contributed by atoms with van der Waals surface area (Å²) in [5.74, 6) is -0.176. The van der Waals surface area contributed by atoms with Crippen LogP contribution in [0.4, 0.5) is 0 Å². The lowest BCUT2D eigenvalue weighted by atomic mass is 10.1. The fourth-order valence-corrected chi connectivity index (χ4v) is 1.46. The first kappa shape index (κ1) is 9.95. The van der Waals surface area contributed by atoms with Gasteiger partial charge in [-0.05, 0) is 19.8 Å². The first-order valence-electron chi connectivity index (χ1n) is 4.05. The summed E-state index contributed by atoms with van der Waals surface area (Å²) < 4.78 is 4.86. The third kappa shape index (κ3) is 2.73. The normalized spacial score (nSPS) is 29.8. The molecule has 2 atom stereocenters. The molecule has 0 bridgehead atoms. The van der Waals surface area contributed by atoms with Gasteiger partial charge < -0.3 is 4.74 Å². The van der Waals surface area contributed by atoms with E-state index in [1.807, 2.05) is 0 Å². The van der Waals surface area contributed by atoms with Crippen molar-refractivity contribution < 1.29 is 9.53 Å². The SMILES string of the molecule is CCOC(=O)C1CCC(Br)NN1. The lowest BCUT2D eigenvalue weighted by Gasteiger charge is -2.26. The molecule has 1 heterocycles. The summed E-state index contributed by atoms with van der Waals surface area (Å²) in [6.45, 7) is 2.25. The molecule has 0 spiro atoms. The average molecular weight is 237 g/mol. The van der Waals surface area contributed by atoms with E-state index in [1.165, 1.54) is 0 Å². The molecule has 5 heteroatoms. The van der Waals surface area contributed by atoms with Crippen LogP contribution in [0.15, 0.2) is 0 Å².